The van der Waals surface area contributed by atoms with Crippen molar-refractivity contribution in [2.45, 2.75) is 31.7 Å². The first kappa shape index (κ1) is 28.1. The van der Waals surface area contributed by atoms with E-state index in [2.05, 4.69) is 26.1 Å². The zero-order valence-electron chi connectivity index (χ0n) is 21.3. The second kappa shape index (κ2) is 12.0. The van der Waals surface area contributed by atoms with Gasteiger partial charge in [-0.15, -0.1) is 0 Å². The average molecular weight is 606 g/mol. The van der Waals surface area contributed by atoms with Crippen molar-refractivity contribution in [1.82, 2.24) is 20.6 Å². The van der Waals surface area contributed by atoms with Crippen LogP contribution >= 0.6 is 23.2 Å². The summed E-state index contributed by atoms with van der Waals surface area (Å²) >= 11 is 9.92. The zero-order chi connectivity index (χ0) is 28.4. The fourth-order valence-electron chi connectivity index (χ4n) is 4.59. The van der Waals surface area contributed by atoms with Crippen LogP contribution in [-0.2, 0) is 20.3 Å². The number of aromatic nitrogens is 1. The highest BCUT2D eigenvalue weighted by Crippen LogP contribution is 2.33. The Kier molecular flexibility index (Phi) is 8.40. The summed E-state index contributed by atoms with van der Waals surface area (Å²) in [5.74, 6) is -0.353. The van der Waals surface area contributed by atoms with E-state index in [1.807, 2.05) is 6.92 Å². The van der Waals surface area contributed by atoms with E-state index < -0.39 is 17.3 Å². The van der Waals surface area contributed by atoms with Crippen LogP contribution in [0, 0.1) is 5.92 Å². The van der Waals surface area contributed by atoms with Crippen LogP contribution in [0.5, 0.6) is 0 Å². The number of carbonyl (C=O) groups is 2. The van der Waals surface area contributed by atoms with E-state index in [0.717, 1.165) is 12.8 Å². The highest BCUT2D eigenvalue weighted by atomic mass is 35.5. The first-order valence-electron chi connectivity index (χ1n) is 12.5. The van der Waals surface area contributed by atoms with E-state index in [1.165, 1.54) is 18.3 Å². The molecule has 0 saturated heterocycles. The number of nitrogens with one attached hydrogen (secondary N) is 3. The Morgan fingerprint density at radius 1 is 1.25 bits per heavy atom. The van der Waals surface area contributed by atoms with Gasteiger partial charge in [0.1, 0.15) is 5.84 Å². The van der Waals surface area contributed by atoms with Crippen molar-refractivity contribution in [3.8, 4) is 0 Å². The van der Waals surface area contributed by atoms with Crippen LogP contribution in [0.15, 0.2) is 65.2 Å². The summed E-state index contributed by atoms with van der Waals surface area (Å²) in [7, 11) is 0. The third kappa shape index (κ3) is 6.47. The molecule has 0 bridgehead atoms. The van der Waals surface area contributed by atoms with Gasteiger partial charge in [-0.3, -0.25) is 19.1 Å². The summed E-state index contributed by atoms with van der Waals surface area (Å²) in [4.78, 5) is 32.5. The molecule has 40 heavy (non-hydrogen) atoms. The summed E-state index contributed by atoms with van der Waals surface area (Å²) in [6.07, 6.45) is 6.58. The maximum Gasteiger partial charge on any atom is 0.357 e. The molecule has 0 radical (unpaired) electrons. The van der Waals surface area contributed by atoms with Gasteiger partial charge in [0, 0.05) is 35.6 Å². The number of rotatable bonds is 8. The van der Waals surface area contributed by atoms with Crippen molar-refractivity contribution in [3.05, 3.63) is 81.4 Å². The second-order valence-electron chi connectivity index (χ2n) is 9.63. The largest absolute Gasteiger partial charge is 0.379 e. The van der Waals surface area contributed by atoms with Crippen LogP contribution in [-0.4, -0.2) is 55.4 Å². The summed E-state index contributed by atoms with van der Waals surface area (Å²) in [5.41, 5.74) is 4.20. The number of hydrogen-bond donors (Lipinski definition) is 4. The number of halogens is 2. The summed E-state index contributed by atoms with van der Waals surface area (Å²) in [5, 5.41) is 10.9. The quantitative estimate of drug-likeness (QED) is 0.333. The molecule has 2 aromatic rings. The van der Waals surface area contributed by atoms with E-state index in [4.69, 9.17) is 27.4 Å². The minimum atomic E-state index is -2.64. The van der Waals surface area contributed by atoms with Gasteiger partial charge in [0.15, 0.2) is 5.76 Å². The molecule has 1 fully saturated rings. The molecule has 3 atom stereocenters. The number of amides is 2. The van der Waals surface area contributed by atoms with Crippen LogP contribution in [0.1, 0.15) is 41.7 Å². The number of allylic oxidation sites excluding steroid dienone is 1. The molecule has 1 aromatic carbocycles. The number of nitrogens with zero attached hydrogens (tertiary/aromatic N) is 3. The molecule has 11 nitrogen and oxygen atoms in total. The fourth-order valence-corrected chi connectivity index (χ4v) is 5.27. The number of hydrazone groups is 1. The third-order valence-electron chi connectivity index (χ3n) is 6.77. The molecule has 2 aliphatic heterocycles. The van der Waals surface area contributed by atoms with Gasteiger partial charge in [0.05, 0.1) is 34.4 Å². The van der Waals surface area contributed by atoms with E-state index in [-0.39, 0.29) is 47.0 Å². The fraction of sp³-hybridized carbons (Fsp3) is 0.308. The smallest absolute Gasteiger partial charge is 0.357 e. The van der Waals surface area contributed by atoms with E-state index in [1.54, 1.807) is 35.4 Å². The standard InChI is InChI=1S/C26H26Cl2N6O5S/c1-14(15-4-5-15)31-26(36)19-10-17(27)6-7-22(19)32-25(35)16-9-18(39-40(37)38)13-34(12-16)24-20(11-30-33-24)23-21(28)3-2-8-29-23/h2-3,6-10,13-15,20,30H,4-5,11-12H2,1H3,(H,31,36)(H,32,35)(H,37,38). The first-order chi connectivity index (χ1) is 19.2. The molecule has 3 aliphatic rings. The van der Waals surface area contributed by atoms with E-state index in [9.17, 15) is 18.4 Å². The maximum absolute atomic E-state index is 13.5. The van der Waals surface area contributed by atoms with Crippen LogP contribution in [0.2, 0.25) is 10.0 Å². The monoisotopic (exact) mass is 604 g/mol. The van der Waals surface area contributed by atoms with Gasteiger partial charge in [-0.1, -0.05) is 23.2 Å². The van der Waals surface area contributed by atoms with Crippen molar-refractivity contribution < 1.29 is 22.5 Å². The number of benzene rings is 1. The van der Waals surface area contributed by atoms with E-state index in [0.29, 0.717) is 34.0 Å². The summed E-state index contributed by atoms with van der Waals surface area (Å²) < 4.78 is 25.8. The van der Waals surface area contributed by atoms with Crippen molar-refractivity contribution in [1.29, 1.82) is 0 Å². The van der Waals surface area contributed by atoms with Gasteiger partial charge in [0.2, 0.25) is 0 Å². The number of amidine groups is 1. The lowest BCUT2D eigenvalue weighted by Crippen LogP contribution is -2.37. The molecule has 0 spiro atoms. The van der Waals surface area contributed by atoms with Crippen molar-refractivity contribution in [2.24, 2.45) is 11.0 Å². The Morgan fingerprint density at radius 3 is 2.77 bits per heavy atom. The number of pyridine rings is 1. The summed E-state index contributed by atoms with van der Waals surface area (Å²) in [6.45, 7) is 2.41. The molecule has 210 valence electrons. The van der Waals surface area contributed by atoms with Crippen LogP contribution in [0.3, 0.4) is 0 Å². The Labute approximate surface area is 243 Å². The molecule has 2 amide bonds. The zero-order valence-corrected chi connectivity index (χ0v) is 23.6. The molecular formula is C26H26Cl2N6O5S. The predicted molar refractivity (Wildman–Crippen MR) is 152 cm³/mol. The SMILES string of the molecule is CC(NC(=O)c1cc(Cl)ccc1NC(=O)C1=CC(OS(=O)O)=CN(C2=NNCC2c2ncccc2Cl)C1)C1CC1. The van der Waals surface area contributed by atoms with Gasteiger partial charge in [-0.25, -0.2) is 0 Å². The lowest BCUT2D eigenvalue weighted by Gasteiger charge is -2.28. The van der Waals surface area contributed by atoms with Crippen molar-refractivity contribution in [2.75, 3.05) is 18.4 Å². The number of hydrogen-bond acceptors (Lipinski definition) is 8. The summed E-state index contributed by atoms with van der Waals surface area (Å²) in [6, 6.07) is 8.06. The predicted octanol–water partition coefficient (Wildman–Crippen LogP) is 3.79. The Balaban J connectivity index is 1.39. The van der Waals surface area contributed by atoms with Crippen LogP contribution in [0.25, 0.3) is 0 Å². The molecule has 5 rings (SSSR count). The molecule has 1 aliphatic carbocycles. The lowest BCUT2D eigenvalue weighted by molar-refractivity contribution is -0.113. The van der Waals surface area contributed by atoms with Gasteiger partial charge in [0.25, 0.3) is 11.8 Å². The molecule has 1 saturated carbocycles. The van der Waals surface area contributed by atoms with Crippen molar-refractivity contribution >= 4 is 57.9 Å². The Bertz CT molecular complexity index is 1460. The van der Waals surface area contributed by atoms with Crippen LogP contribution < -0.4 is 16.1 Å². The Morgan fingerprint density at radius 2 is 2.05 bits per heavy atom. The second-order valence-corrected chi connectivity index (χ2v) is 11.1. The van der Waals surface area contributed by atoms with Gasteiger partial charge in [-0.2, -0.15) is 9.31 Å². The van der Waals surface area contributed by atoms with Gasteiger partial charge < -0.3 is 25.1 Å². The van der Waals surface area contributed by atoms with Gasteiger partial charge in [-0.05, 0) is 62.1 Å². The number of anilines is 1. The molecule has 1 aromatic heterocycles. The normalized spacial score (nSPS) is 19.9. The molecule has 3 heterocycles. The van der Waals surface area contributed by atoms with Crippen molar-refractivity contribution in [3.63, 3.8) is 0 Å². The highest BCUT2D eigenvalue weighted by molar-refractivity contribution is 7.74. The highest BCUT2D eigenvalue weighted by Gasteiger charge is 2.34. The van der Waals surface area contributed by atoms with Gasteiger partial charge >= 0.3 is 11.4 Å². The molecular weight excluding hydrogens is 579 g/mol. The lowest BCUT2D eigenvalue weighted by atomic mass is 10.0. The molecule has 14 heteroatoms. The topological polar surface area (TPSA) is 145 Å². The van der Waals surface area contributed by atoms with E-state index >= 15 is 0 Å². The average Bonchev–Trinajstić information content (AvgIpc) is 3.66. The number of carbonyl (C=O) groups excluding carboxylic acids is 2. The maximum atomic E-state index is 13.5. The molecule has 4 N–H and O–H groups in total. The van der Waals surface area contributed by atoms with Crippen LogP contribution in [0.4, 0.5) is 5.69 Å². The third-order valence-corrected chi connectivity index (χ3v) is 7.66. The minimum Gasteiger partial charge on any atom is -0.379 e. The minimum absolute atomic E-state index is 0.00445. The Hall–Kier alpha value is -3.45. The molecule has 3 unspecified atom stereocenters. The first-order valence-corrected chi connectivity index (χ1v) is 14.3.